The lowest BCUT2D eigenvalue weighted by atomic mass is 10.3. The number of thioether (sulfide) groups is 1. The molecule has 0 atom stereocenters. The van der Waals surface area contributed by atoms with E-state index in [0.717, 1.165) is 9.44 Å². The van der Waals surface area contributed by atoms with Gasteiger partial charge in [0.2, 0.25) is 5.91 Å². The molecule has 0 aliphatic rings. The molecule has 0 radical (unpaired) electrons. The van der Waals surface area contributed by atoms with Gasteiger partial charge in [-0.1, -0.05) is 30.0 Å². The summed E-state index contributed by atoms with van der Waals surface area (Å²) < 4.78 is 30.0. The van der Waals surface area contributed by atoms with Gasteiger partial charge in [-0.2, -0.15) is 8.78 Å². The number of rotatable bonds is 8. The molecule has 1 aromatic carbocycles. The quantitative estimate of drug-likeness (QED) is 0.425. The molecule has 29 heavy (non-hydrogen) atoms. The highest BCUT2D eigenvalue weighted by atomic mass is 32.2. The number of hydrogen-bond acceptors (Lipinski definition) is 6. The third kappa shape index (κ3) is 4.01. The summed E-state index contributed by atoms with van der Waals surface area (Å²) in [6, 6.07) is 10.6. The molecule has 3 aromatic heterocycles. The van der Waals surface area contributed by atoms with Crippen LogP contribution in [0.25, 0.3) is 21.7 Å². The van der Waals surface area contributed by atoms with E-state index in [2.05, 4.69) is 15.2 Å². The predicted octanol–water partition coefficient (Wildman–Crippen LogP) is 3.92. The highest BCUT2D eigenvalue weighted by molar-refractivity contribution is 7.98. The number of primary amides is 1. The van der Waals surface area contributed by atoms with Crippen LogP contribution in [0.3, 0.4) is 0 Å². The van der Waals surface area contributed by atoms with Crippen molar-refractivity contribution in [2.24, 2.45) is 5.73 Å². The maximum Gasteiger partial charge on any atom is 0.320 e. The molecule has 0 saturated heterocycles. The van der Waals surface area contributed by atoms with Crippen molar-refractivity contribution in [2.45, 2.75) is 30.4 Å². The normalized spacial score (nSPS) is 11.6. The van der Waals surface area contributed by atoms with Crippen molar-refractivity contribution in [1.82, 2.24) is 24.3 Å². The summed E-state index contributed by atoms with van der Waals surface area (Å²) >= 11 is 2.74. The highest BCUT2D eigenvalue weighted by Gasteiger charge is 2.20. The topological polar surface area (TPSA) is 91.6 Å². The van der Waals surface area contributed by atoms with Crippen LogP contribution in [-0.2, 0) is 17.1 Å². The van der Waals surface area contributed by atoms with Crippen LogP contribution in [0.5, 0.6) is 0 Å². The second-order valence-corrected chi connectivity index (χ2v) is 7.99. The molecule has 4 aromatic rings. The molecule has 4 rings (SSSR count). The number of nitrogens with two attached hydrogens (primary N) is 1. The summed E-state index contributed by atoms with van der Waals surface area (Å²) in [5, 5.41) is 10.9. The van der Waals surface area contributed by atoms with Gasteiger partial charge in [0.15, 0.2) is 11.0 Å². The first-order valence-electron chi connectivity index (χ1n) is 8.66. The number of hydrogen-bond donors (Lipinski definition) is 1. The summed E-state index contributed by atoms with van der Waals surface area (Å²) in [5.41, 5.74) is 6.19. The maximum atomic E-state index is 13.6. The fourth-order valence-corrected chi connectivity index (χ4v) is 4.56. The Balaban J connectivity index is 1.64. The van der Waals surface area contributed by atoms with E-state index in [1.165, 1.54) is 23.1 Å². The maximum absolute atomic E-state index is 13.6. The van der Waals surface area contributed by atoms with Crippen LogP contribution in [-0.4, -0.2) is 30.2 Å². The van der Waals surface area contributed by atoms with E-state index in [-0.39, 0.29) is 18.0 Å². The van der Waals surface area contributed by atoms with Gasteiger partial charge in [0, 0.05) is 13.0 Å². The average molecular weight is 434 g/mol. The number of imidazole rings is 1. The monoisotopic (exact) mass is 434 g/mol. The number of carbonyl (C=O) groups is 1. The van der Waals surface area contributed by atoms with Crippen molar-refractivity contribution < 1.29 is 13.6 Å². The Morgan fingerprint density at radius 3 is 2.76 bits per heavy atom. The molecule has 150 valence electrons. The minimum atomic E-state index is -2.70. The second kappa shape index (κ2) is 8.29. The molecule has 0 aliphatic heterocycles. The minimum absolute atomic E-state index is 0.125. The van der Waals surface area contributed by atoms with Gasteiger partial charge in [0.1, 0.15) is 5.82 Å². The fraction of sp³-hybridized carbons (Fsp3) is 0.222. The third-order valence-electron chi connectivity index (χ3n) is 4.23. The first kappa shape index (κ1) is 19.5. The number of amides is 1. The summed E-state index contributed by atoms with van der Waals surface area (Å²) in [5.74, 6) is 0.601. The van der Waals surface area contributed by atoms with E-state index in [9.17, 15) is 13.6 Å². The molecule has 2 N–H and O–H groups in total. The van der Waals surface area contributed by atoms with Crippen LogP contribution >= 0.6 is 23.1 Å². The Labute approximate surface area is 172 Å². The van der Waals surface area contributed by atoms with Crippen molar-refractivity contribution in [3.63, 3.8) is 0 Å². The molecule has 1 amide bonds. The Hall–Kier alpha value is -2.79. The van der Waals surface area contributed by atoms with Gasteiger partial charge in [-0.15, -0.1) is 21.5 Å². The number of alkyl halides is 2. The highest BCUT2D eigenvalue weighted by Crippen LogP contribution is 2.31. The number of aromatic nitrogens is 5. The summed E-state index contributed by atoms with van der Waals surface area (Å²) in [4.78, 5) is 16.5. The van der Waals surface area contributed by atoms with Gasteiger partial charge >= 0.3 is 6.55 Å². The molecule has 0 unspecified atom stereocenters. The van der Waals surface area contributed by atoms with Gasteiger partial charge in [-0.25, -0.2) is 4.98 Å². The lowest BCUT2D eigenvalue weighted by molar-refractivity contribution is -0.118. The van der Waals surface area contributed by atoms with Crippen LogP contribution in [0.2, 0.25) is 0 Å². The van der Waals surface area contributed by atoms with Gasteiger partial charge in [-0.05, 0) is 23.6 Å². The van der Waals surface area contributed by atoms with E-state index < -0.39 is 12.5 Å². The Morgan fingerprint density at radius 1 is 1.21 bits per heavy atom. The number of fused-ring (bicyclic) bond motifs is 1. The van der Waals surface area contributed by atoms with Crippen molar-refractivity contribution in [2.75, 3.05) is 0 Å². The molecular weight excluding hydrogens is 418 g/mol. The number of halogens is 2. The zero-order chi connectivity index (χ0) is 20.4. The molecule has 11 heteroatoms. The number of para-hydroxylation sites is 2. The molecule has 7 nitrogen and oxygen atoms in total. The first-order valence-corrected chi connectivity index (χ1v) is 10.5. The summed E-state index contributed by atoms with van der Waals surface area (Å²) in [7, 11) is 0. The van der Waals surface area contributed by atoms with Gasteiger partial charge < -0.3 is 10.3 Å². The van der Waals surface area contributed by atoms with E-state index in [1.54, 1.807) is 28.8 Å². The predicted molar refractivity (Wildman–Crippen MR) is 108 cm³/mol. The molecule has 0 bridgehead atoms. The molecule has 0 fully saturated rings. The first-order chi connectivity index (χ1) is 14.0. The van der Waals surface area contributed by atoms with Gasteiger partial charge in [0.25, 0.3) is 0 Å². The smallest absolute Gasteiger partial charge is 0.320 e. The number of carbonyl (C=O) groups excluding carboxylic acids is 1. The number of benzene rings is 1. The van der Waals surface area contributed by atoms with Crippen LogP contribution in [0, 0.1) is 0 Å². The van der Waals surface area contributed by atoms with Gasteiger partial charge in [0.05, 0.1) is 21.7 Å². The zero-order valence-corrected chi connectivity index (χ0v) is 16.7. The van der Waals surface area contributed by atoms with E-state index in [4.69, 9.17) is 5.73 Å². The van der Waals surface area contributed by atoms with Crippen molar-refractivity contribution >= 4 is 40.0 Å². The Bertz CT molecular complexity index is 1140. The molecule has 3 heterocycles. The summed E-state index contributed by atoms with van der Waals surface area (Å²) in [6.45, 7) is -2.39. The van der Waals surface area contributed by atoms with Crippen LogP contribution < -0.4 is 5.73 Å². The van der Waals surface area contributed by atoms with Crippen LogP contribution in [0.1, 0.15) is 18.8 Å². The standard InChI is InChI=1S/C18H16F2N6OS2/c19-17(20)26-12-5-2-1-4-11(12)22-15(26)10-29-18-24-23-16(13-6-3-9-28-13)25(18)8-7-14(21)27/h1-6,9,17H,7-8,10H2,(H2,21,27). The van der Waals surface area contributed by atoms with E-state index in [1.807, 2.05) is 17.5 Å². The lowest BCUT2D eigenvalue weighted by Crippen LogP contribution is -2.15. The van der Waals surface area contributed by atoms with Crippen LogP contribution in [0.4, 0.5) is 8.78 Å². The van der Waals surface area contributed by atoms with E-state index >= 15 is 0 Å². The summed E-state index contributed by atoms with van der Waals surface area (Å²) in [6.07, 6.45) is 0.125. The Morgan fingerprint density at radius 2 is 2.03 bits per heavy atom. The SMILES string of the molecule is NC(=O)CCn1c(SCc2nc3ccccc3n2C(F)F)nnc1-c1cccs1. The van der Waals surface area contributed by atoms with Crippen molar-refractivity contribution in [1.29, 1.82) is 0 Å². The molecule has 0 aliphatic carbocycles. The fourth-order valence-electron chi connectivity index (χ4n) is 2.95. The number of nitrogens with zero attached hydrogens (tertiary/aromatic N) is 5. The van der Waals surface area contributed by atoms with Gasteiger partial charge in [-0.3, -0.25) is 9.36 Å². The molecular formula is C18H16F2N6OS2. The zero-order valence-electron chi connectivity index (χ0n) is 15.0. The van der Waals surface area contributed by atoms with Crippen molar-refractivity contribution in [3.05, 3.63) is 47.6 Å². The average Bonchev–Trinajstić information content (AvgIpc) is 3.41. The molecule has 0 saturated carbocycles. The largest absolute Gasteiger partial charge is 0.370 e. The van der Waals surface area contributed by atoms with E-state index in [0.29, 0.717) is 28.6 Å². The molecule has 0 spiro atoms. The minimum Gasteiger partial charge on any atom is -0.370 e. The third-order valence-corrected chi connectivity index (χ3v) is 6.06. The Kier molecular flexibility index (Phi) is 5.58. The second-order valence-electron chi connectivity index (χ2n) is 6.10. The lowest BCUT2D eigenvalue weighted by Gasteiger charge is -2.09. The van der Waals surface area contributed by atoms with Crippen LogP contribution in [0.15, 0.2) is 46.9 Å². The number of thiophene rings is 1. The van der Waals surface area contributed by atoms with Crippen molar-refractivity contribution in [3.8, 4) is 10.7 Å².